The van der Waals surface area contributed by atoms with Crippen molar-refractivity contribution in [2.75, 3.05) is 6.54 Å². The standard InChI is InChI=1S/C13H17NO2S/c1-10-3-5-13(6-4-10)17(16)14-8-7-12(15)9-11(14)2/h3-6,11H,7-9H2,1-2H3. The lowest BCUT2D eigenvalue weighted by Gasteiger charge is -2.31. The molecule has 1 aliphatic rings. The summed E-state index contributed by atoms with van der Waals surface area (Å²) in [5.74, 6) is 0.273. The number of carbonyl (C=O) groups excluding carboxylic acids is 1. The molecule has 0 aromatic heterocycles. The average molecular weight is 251 g/mol. The average Bonchev–Trinajstić information content (AvgIpc) is 2.29. The Kier molecular flexibility index (Phi) is 3.74. The summed E-state index contributed by atoms with van der Waals surface area (Å²) >= 11 is 0. The molecule has 1 heterocycles. The molecule has 1 aromatic rings. The Hall–Kier alpha value is -1.00. The second kappa shape index (κ2) is 5.10. The molecule has 0 saturated carbocycles. The van der Waals surface area contributed by atoms with Crippen molar-refractivity contribution in [2.45, 2.75) is 37.6 Å². The van der Waals surface area contributed by atoms with Crippen LogP contribution in [0.15, 0.2) is 29.2 Å². The van der Waals surface area contributed by atoms with Gasteiger partial charge in [0.25, 0.3) is 0 Å². The molecule has 2 atom stereocenters. The second-order valence-electron chi connectivity index (χ2n) is 4.54. The van der Waals surface area contributed by atoms with Gasteiger partial charge >= 0.3 is 0 Å². The number of Topliss-reactive ketones (excluding diaryl/α,β-unsaturated/α-hetero) is 1. The second-order valence-corrected chi connectivity index (χ2v) is 5.98. The van der Waals surface area contributed by atoms with E-state index in [1.807, 2.05) is 42.4 Å². The van der Waals surface area contributed by atoms with Crippen molar-refractivity contribution in [2.24, 2.45) is 0 Å². The molecule has 0 spiro atoms. The van der Waals surface area contributed by atoms with Gasteiger partial charge in [-0.15, -0.1) is 0 Å². The Bertz CT molecular complexity index is 441. The van der Waals surface area contributed by atoms with Crippen molar-refractivity contribution in [3.05, 3.63) is 29.8 Å². The monoisotopic (exact) mass is 251 g/mol. The molecular formula is C13H17NO2S. The summed E-state index contributed by atoms with van der Waals surface area (Å²) in [6.45, 7) is 4.57. The highest BCUT2D eigenvalue weighted by atomic mass is 32.2. The Morgan fingerprint density at radius 3 is 2.53 bits per heavy atom. The van der Waals surface area contributed by atoms with E-state index >= 15 is 0 Å². The van der Waals surface area contributed by atoms with Crippen LogP contribution in [0.25, 0.3) is 0 Å². The zero-order valence-corrected chi connectivity index (χ0v) is 11.0. The lowest BCUT2D eigenvalue weighted by atomic mass is 10.1. The van der Waals surface area contributed by atoms with Gasteiger partial charge in [-0.2, -0.15) is 0 Å². The molecule has 3 nitrogen and oxygen atoms in total. The van der Waals surface area contributed by atoms with E-state index < -0.39 is 11.0 Å². The number of benzene rings is 1. The maximum atomic E-state index is 12.4. The van der Waals surface area contributed by atoms with Crippen LogP contribution in [0.1, 0.15) is 25.3 Å². The van der Waals surface area contributed by atoms with Crippen molar-refractivity contribution in [3.8, 4) is 0 Å². The number of hydrogen-bond donors (Lipinski definition) is 0. The first-order valence-electron chi connectivity index (χ1n) is 5.85. The molecule has 0 aliphatic carbocycles. The molecule has 0 bridgehead atoms. The SMILES string of the molecule is Cc1ccc(S(=O)N2CCC(=O)CC2C)cc1. The summed E-state index contributed by atoms with van der Waals surface area (Å²) in [6.07, 6.45) is 1.03. The first-order valence-corrected chi connectivity index (χ1v) is 6.95. The van der Waals surface area contributed by atoms with Crippen molar-refractivity contribution >= 4 is 16.8 Å². The third-order valence-corrected chi connectivity index (χ3v) is 4.71. The molecular weight excluding hydrogens is 234 g/mol. The van der Waals surface area contributed by atoms with Crippen LogP contribution in [0.5, 0.6) is 0 Å². The number of carbonyl (C=O) groups is 1. The molecule has 17 heavy (non-hydrogen) atoms. The third-order valence-electron chi connectivity index (χ3n) is 3.06. The lowest BCUT2D eigenvalue weighted by molar-refractivity contribution is -0.121. The maximum Gasteiger partial charge on any atom is 0.135 e. The van der Waals surface area contributed by atoms with E-state index in [0.29, 0.717) is 19.4 Å². The van der Waals surface area contributed by atoms with Gasteiger partial charge in [0.15, 0.2) is 0 Å². The minimum atomic E-state index is -1.14. The van der Waals surface area contributed by atoms with E-state index in [-0.39, 0.29) is 11.8 Å². The summed E-state index contributed by atoms with van der Waals surface area (Å²) in [5.41, 5.74) is 1.16. The summed E-state index contributed by atoms with van der Waals surface area (Å²) in [5, 5.41) is 0. The molecule has 1 aromatic carbocycles. The highest BCUT2D eigenvalue weighted by molar-refractivity contribution is 7.82. The molecule has 1 fully saturated rings. The maximum absolute atomic E-state index is 12.4. The van der Waals surface area contributed by atoms with Gasteiger partial charge in [0.1, 0.15) is 16.8 Å². The van der Waals surface area contributed by atoms with Gasteiger partial charge in [0.05, 0.1) is 4.90 Å². The molecule has 92 valence electrons. The summed E-state index contributed by atoms with van der Waals surface area (Å²) < 4.78 is 14.3. The Morgan fingerprint density at radius 2 is 1.94 bits per heavy atom. The lowest BCUT2D eigenvalue weighted by Crippen LogP contribution is -2.41. The van der Waals surface area contributed by atoms with Crippen molar-refractivity contribution in [1.82, 2.24) is 4.31 Å². The fourth-order valence-electron chi connectivity index (χ4n) is 2.03. The van der Waals surface area contributed by atoms with E-state index in [1.54, 1.807) is 0 Å². The number of piperidine rings is 1. The number of rotatable bonds is 2. The molecule has 0 N–H and O–H groups in total. The van der Waals surface area contributed by atoms with Gasteiger partial charge in [-0.25, -0.2) is 8.51 Å². The first kappa shape index (κ1) is 12.5. The van der Waals surface area contributed by atoms with Crippen LogP contribution in [0.2, 0.25) is 0 Å². The van der Waals surface area contributed by atoms with E-state index in [2.05, 4.69) is 0 Å². The first-order chi connectivity index (χ1) is 8.08. The van der Waals surface area contributed by atoms with Crippen molar-refractivity contribution in [3.63, 3.8) is 0 Å². The normalized spacial score (nSPS) is 23.6. The fourth-order valence-corrected chi connectivity index (χ4v) is 3.32. The minimum absolute atomic E-state index is 0.0680. The van der Waals surface area contributed by atoms with Crippen molar-refractivity contribution < 1.29 is 9.00 Å². The van der Waals surface area contributed by atoms with Gasteiger partial charge in [-0.3, -0.25) is 4.79 Å². The van der Waals surface area contributed by atoms with Gasteiger partial charge < -0.3 is 0 Å². The van der Waals surface area contributed by atoms with Crippen LogP contribution in [0.4, 0.5) is 0 Å². The summed E-state index contributed by atoms with van der Waals surface area (Å²) in [7, 11) is -1.14. The van der Waals surface area contributed by atoms with Gasteiger partial charge in [-0.1, -0.05) is 17.7 Å². The number of ketones is 1. The van der Waals surface area contributed by atoms with Gasteiger partial charge in [0, 0.05) is 25.4 Å². The molecule has 1 aliphatic heterocycles. The quantitative estimate of drug-likeness (QED) is 0.807. The van der Waals surface area contributed by atoms with E-state index in [0.717, 1.165) is 10.5 Å². The Labute approximate surface area is 104 Å². The van der Waals surface area contributed by atoms with Gasteiger partial charge in [-0.05, 0) is 26.0 Å². The van der Waals surface area contributed by atoms with E-state index in [9.17, 15) is 9.00 Å². The van der Waals surface area contributed by atoms with E-state index in [1.165, 1.54) is 0 Å². The molecule has 4 heteroatoms. The summed E-state index contributed by atoms with van der Waals surface area (Å²) in [6, 6.07) is 7.79. The highest BCUT2D eigenvalue weighted by Crippen LogP contribution is 2.20. The highest BCUT2D eigenvalue weighted by Gasteiger charge is 2.28. The smallest absolute Gasteiger partial charge is 0.135 e. The number of nitrogens with zero attached hydrogens (tertiary/aromatic N) is 1. The van der Waals surface area contributed by atoms with E-state index in [4.69, 9.17) is 0 Å². The molecule has 2 rings (SSSR count). The summed E-state index contributed by atoms with van der Waals surface area (Å²) in [4.78, 5) is 12.1. The minimum Gasteiger partial charge on any atom is -0.300 e. The molecule has 0 radical (unpaired) electrons. The predicted octanol–water partition coefficient (Wildman–Crippen LogP) is 2.07. The van der Waals surface area contributed by atoms with Crippen LogP contribution in [-0.2, 0) is 15.8 Å². The fraction of sp³-hybridized carbons (Fsp3) is 0.462. The topological polar surface area (TPSA) is 37.4 Å². The van der Waals surface area contributed by atoms with Crippen LogP contribution in [0.3, 0.4) is 0 Å². The molecule has 1 saturated heterocycles. The van der Waals surface area contributed by atoms with Gasteiger partial charge in [0.2, 0.25) is 0 Å². The zero-order chi connectivity index (χ0) is 12.4. The van der Waals surface area contributed by atoms with Crippen LogP contribution in [-0.4, -0.2) is 26.9 Å². The van der Waals surface area contributed by atoms with Crippen LogP contribution < -0.4 is 0 Å². The number of aryl methyl sites for hydroxylation is 1. The largest absolute Gasteiger partial charge is 0.300 e. The Morgan fingerprint density at radius 1 is 1.29 bits per heavy atom. The number of hydrogen-bond acceptors (Lipinski definition) is 2. The van der Waals surface area contributed by atoms with Crippen LogP contribution >= 0.6 is 0 Å². The zero-order valence-electron chi connectivity index (χ0n) is 10.2. The van der Waals surface area contributed by atoms with Crippen LogP contribution in [0, 0.1) is 6.92 Å². The molecule has 2 unspecified atom stereocenters. The predicted molar refractivity (Wildman–Crippen MR) is 68.0 cm³/mol. The van der Waals surface area contributed by atoms with Crippen molar-refractivity contribution in [1.29, 1.82) is 0 Å². The molecule has 0 amide bonds. The third kappa shape index (κ3) is 2.82. The Balaban J connectivity index is 2.14.